The number of nitrogens with zero attached hydrogens (tertiary/aromatic N) is 3. The van der Waals surface area contributed by atoms with E-state index in [1.807, 2.05) is 0 Å². The number of hydrogen-bond acceptors (Lipinski definition) is 2. The van der Waals surface area contributed by atoms with Crippen molar-refractivity contribution in [1.82, 2.24) is 15.0 Å². The molecule has 1 aromatic heterocycles. The molecule has 1 aromatic rings. The zero-order valence-electron chi connectivity index (χ0n) is 9.64. The van der Waals surface area contributed by atoms with Gasteiger partial charge >= 0.3 is 0 Å². The topological polar surface area (TPSA) is 30.7 Å². The predicted molar refractivity (Wildman–Crippen MR) is 57.8 cm³/mol. The molecule has 0 unspecified atom stereocenters. The molecule has 0 aromatic carbocycles. The lowest BCUT2D eigenvalue weighted by Gasteiger charge is -2.24. The Hall–Kier alpha value is -0.860. The third kappa shape index (κ3) is 3.13. The zero-order chi connectivity index (χ0) is 10.6. The molecule has 14 heavy (non-hydrogen) atoms. The van der Waals surface area contributed by atoms with E-state index in [4.69, 9.17) is 0 Å². The fourth-order valence-corrected chi connectivity index (χ4v) is 2.06. The number of aromatic nitrogens is 3. The van der Waals surface area contributed by atoms with Gasteiger partial charge in [-0.2, -0.15) is 15.0 Å². The summed E-state index contributed by atoms with van der Waals surface area (Å²) in [7, 11) is 0. The Bertz CT molecular complexity index is 231. The molecule has 0 N–H and O–H groups in total. The average Bonchev–Trinajstić information content (AvgIpc) is 2.55. The van der Waals surface area contributed by atoms with E-state index >= 15 is 0 Å². The first-order chi connectivity index (χ1) is 6.61. The quantitative estimate of drug-likeness (QED) is 0.723. The standard InChI is InChI=1S/C11H21N3/c1-9(2)11(10(3)4)5-8-14-12-6-7-13-14/h6-7,9-11H,5,8H2,1-4H3. The lowest BCUT2D eigenvalue weighted by atomic mass is 9.83. The molecular weight excluding hydrogens is 174 g/mol. The molecule has 80 valence electrons. The van der Waals surface area contributed by atoms with E-state index in [1.165, 1.54) is 6.42 Å². The molecule has 0 aliphatic carbocycles. The van der Waals surface area contributed by atoms with Gasteiger partial charge in [0.2, 0.25) is 0 Å². The van der Waals surface area contributed by atoms with E-state index in [2.05, 4.69) is 37.9 Å². The summed E-state index contributed by atoms with van der Waals surface area (Å²) in [4.78, 5) is 1.78. The highest BCUT2D eigenvalue weighted by molar-refractivity contribution is 4.67. The second kappa shape index (κ2) is 5.13. The summed E-state index contributed by atoms with van der Waals surface area (Å²) in [5.41, 5.74) is 0. The molecule has 3 nitrogen and oxygen atoms in total. The smallest absolute Gasteiger partial charge is 0.0693 e. The molecule has 0 amide bonds. The van der Waals surface area contributed by atoms with Crippen molar-refractivity contribution >= 4 is 0 Å². The van der Waals surface area contributed by atoms with Gasteiger partial charge in [0, 0.05) is 0 Å². The van der Waals surface area contributed by atoms with Crippen molar-refractivity contribution in [2.24, 2.45) is 17.8 Å². The predicted octanol–water partition coefficient (Wildman–Crippen LogP) is 2.60. The Balaban J connectivity index is 2.41. The highest BCUT2D eigenvalue weighted by Gasteiger charge is 2.17. The Morgan fingerprint density at radius 2 is 1.50 bits per heavy atom. The largest absolute Gasteiger partial charge is 0.185 e. The van der Waals surface area contributed by atoms with Gasteiger partial charge in [-0.3, -0.25) is 0 Å². The van der Waals surface area contributed by atoms with Crippen molar-refractivity contribution in [3.05, 3.63) is 12.4 Å². The number of rotatable bonds is 5. The van der Waals surface area contributed by atoms with Gasteiger partial charge in [-0.05, 0) is 24.2 Å². The highest BCUT2D eigenvalue weighted by Crippen LogP contribution is 2.24. The van der Waals surface area contributed by atoms with E-state index in [9.17, 15) is 0 Å². The van der Waals surface area contributed by atoms with E-state index in [1.54, 1.807) is 17.2 Å². The molecule has 0 bridgehead atoms. The summed E-state index contributed by atoms with van der Waals surface area (Å²) in [6.07, 6.45) is 4.64. The molecule has 0 spiro atoms. The second-order valence-electron chi connectivity index (χ2n) is 4.57. The van der Waals surface area contributed by atoms with Crippen LogP contribution in [0, 0.1) is 17.8 Å². The van der Waals surface area contributed by atoms with E-state index < -0.39 is 0 Å². The number of hydrogen-bond donors (Lipinski definition) is 0. The van der Waals surface area contributed by atoms with Crippen LogP contribution < -0.4 is 0 Å². The van der Waals surface area contributed by atoms with Crippen LogP contribution in [0.15, 0.2) is 12.4 Å². The van der Waals surface area contributed by atoms with Gasteiger partial charge in [-0.15, -0.1) is 0 Å². The molecule has 0 fully saturated rings. The Morgan fingerprint density at radius 3 is 1.93 bits per heavy atom. The molecule has 0 saturated heterocycles. The first-order valence-electron chi connectivity index (χ1n) is 5.45. The maximum absolute atomic E-state index is 4.11. The van der Waals surface area contributed by atoms with Gasteiger partial charge in [-0.1, -0.05) is 27.7 Å². The summed E-state index contributed by atoms with van der Waals surface area (Å²) in [5, 5.41) is 8.22. The fraction of sp³-hybridized carbons (Fsp3) is 0.818. The molecule has 3 heteroatoms. The van der Waals surface area contributed by atoms with E-state index in [-0.39, 0.29) is 0 Å². The fourth-order valence-electron chi connectivity index (χ4n) is 2.06. The van der Waals surface area contributed by atoms with Gasteiger partial charge < -0.3 is 0 Å². The van der Waals surface area contributed by atoms with Crippen LogP contribution in [0.3, 0.4) is 0 Å². The molecule has 0 aliphatic heterocycles. The maximum atomic E-state index is 4.11. The van der Waals surface area contributed by atoms with Crippen molar-refractivity contribution in [3.8, 4) is 0 Å². The normalized spacial score (nSPS) is 11.9. The van der Waals surface area contributed by atoms with Crippen LogP contribution in [0.5, 0.6) is 0 Å². The van der Waals surface area contributed by atoms with Gasteiger partial charge in [0.15, 0.2) is 0 Å². The molecule has 1 heterocycles. The van der Waals surface area contributed by atoms with Crippen LogP contribution in [0.1, 0.15) is 34.1 Å². The number of aryl methyl sites for hydroxylation is 1. The summed E-state index contributed by atoms with van der Waals surface area (Å²) in [6.45, 7) is 10.1. The van der Waals surface area contributed by atoms with E-state index in [0.717, 1.165) is 24.3 Å². The second-order valence-corrected chi connectivity index (χ2v) is 4.57. The lowest BCUT2D eigenvalue weighted by Crippen LogP contribution is -2.18. The Labute approximate surface area is 86.5 Å². The average molecular weight is 195 g/mol. The van der Waals surface area contributed by atoms with Crippen LogP contribution >= 0.6 is 0 Å². The lowest BCUT2D eigenvalue weighted by molar-refractivity contribution is 0.249. The van der Waals surface area contributed by atoms with Crippen LogP contribution in [-0.4, -0.2) is 15.0 Å². The van der Waals surface area contributed by atoms with Gasteiger partial charge in [0.25, 0.3) is 0 Å². The van der Waals surface area contributed by atoms with Crippen molar-refractivity contribution in [2.75, 3.05) is 0 Å². The molecule has 0 atom stereocenters. The summed E-state index contributed by atoms with van der Waals surface area (Å²) < 4.78 is 0. The minimum atomic E-state index is 0.741. The van der Waals surface area contributed by atoms with Crippen LogP contribution in [0.2, 0.25) is 0 Å². The third-order valence-corrected chi connectivity index (χ3v) is 2.84. The van der Waals surface area contributed by atoms with Crippen molar-refractivity contribution in [2.45, 2.75) is 40.7 Å². The monoisotopic (exact) mass is 195 g/mol. The van der Waals surface area contributed by atoms with Gasteiger partial charge in [-0.25, -0.2) is 0 Å². The first-order valence-corrected chi connectivity index (χ1v) is 5.45. The summed E-state index contributed by atoms with van der Waals surface area (Å²) >= 11 is 0. The Morgan fingerprint density at radius 1 is 1.00 bits per heavy atom. The van der Waals surface area contributed by atoms with Crippen molar-refractivity contribution in [3.63, 3.8) is 0 Å². The van der Waals surface area contributed by atoms with Crippen LogP contribution in [0.4, 0.5) is 0 Å². The maximum Gasteiger partial charge on any atom is 0.0693 e. The molecule has 1 rings (SSSR count). The minimum absolute atomic E-state index is 0.741. The van der Waals surface area contributed by atoms with E-state index in [0.29, 0.717) is 0 Å². The summed E-state index contributed by atoms with van der Waals surface area (Å²) in [6, 6.07) is 0. The van der Waals surface area contributed by atoms with Gasteiger partial charge in [0.1, 0.15) is 0 Å². The third-order valence-electron chi connectivity index (χ3n) is 2.84. The molecule has 0 radical (unpaired) electrons. The van der Waals surface area contributed by atoms with Crippen molar-refractivity contribution in [1.29, 1.82) is 0 Å². The van der Waals surface area contributed by atoms with Crippen LogP contribution in [-0.2, 0) is 6.54 Å². The van der Waals surface area contributed by atoms with Gasteiger partial charge in [0.05, 0.1) is 18.9 Å². The molecule has 0 aliphatic rings. The highest BCUT2D eigenvalue weighted by atomic mass is 15.5. The molecular formula is C11H21N3. The Kier molecular flexibility index (Phi) is 4.11. The zero-order valence-corrected chi connectivity index (χ0v) is 9.64. The van der Waals surface area contributed by atoms with Crippen LogP contribution in [0.25, 0.3) is 0 Å². The molecule has 0 saturated carbocycles. The van der Waals surface area contributed by atoms with Crippen molar-refractivity contribution < 1.29 is 0 Å². The summed E-state index contributed by atoms with van der Waals surface area (Å²) in [5.74, 6) is 2.25. The minimum Gasteiger partial charge on any atom is -0.185 e. The first kappa shape index (κ1) is 11.2. The SMILES string of the molecule is CC(C)C(CCn1nccn1)C(C)C.